The average molecular weight is 172 g/mol. The smallest absolute Gasteiger partial charge is 0.139 e. The van der Waals surface area contributed by atoms with Crippen molar-refractivity contribution in [1.29, 1.82) is 0 Å². The molecule has 0 saturated heterocycles. The van der Waals surface area contributed by atoms with E-state index in [0.717, 1.165) is 10.8 Å². The third-order valence-corrected chi connectivity index (χ3v) is 1.45. The van der Waals surface area contributed by atoms with Gasteiger partial charge in [0.1, 0.15) is 12.5 Å². The predicted molar refractivity (Wildman–Crippen MR) is 46.0 cm³/mol. The van der Waals surface area contributed by atoms with Gasteiger partial charge in [-0.05, 0) is 31.3 Å². The first-order valence-corrected chi connectivity index (χ1v) is 3.73. The molecule has 0 bridgehead atoms. The molecule has 0 radical (unpaired) electrons. The molecule has 0 aliphatic rings. The largest absolute Gasteiger partial charge is 0.478 e. The van der Waals surface area contributed by atoms with Crippen LogP contribution in [0.25, 0.3) is 0 Å². The number of nitrogens with one attached hydrogen (secondary N) is 1. The van der Waals surface area contributed by atoms with Gasteiger partial charge in [0.05, 0.1) is 0 Å². The van der Waals surface area contributed by atoms with Crippen molar-refractivity contribution in [3.05, 3.63) is 29.3 Å². The van der Waals surface area contributed by atoms with Gasteiger partial charge in [-0.15, -0.1) is 0 Å². The van der Waals surface area contributed by atoms with E-state index < -0.39 is 0 Å². The van der Waals surface area contributed by atoms with Crippen molar-refractivity contribution in [1.82, 2.24) is 5.32 Å². The van der Waals surface area contributed by atoms with Crippen LogP contribution in [0, 0.1) is 0 Å². The second-order valence-electron chi connectivity index (χ2n) is 2.10. The molecular weight excluding hydrogens is 162 g/mol. The van der Waals surface area contributed by atoms with Crippen molar-refractivity contribution in [2.24, 2.45) is 0 Å². The van der Waals surface area contributed by atoms with Gasteiger partial charge >= 0.3 is 0 Å². The number of hydrogen-bond donors (Lipinski definition) is 1. The van der Waals surface area contributed by atoms with Crippen molar-refractivity contribution in [2.45, 2.75) is 0 Å². The highest BCUT2D eigenvalue weighted by molar-refractivity contribution is 6.30. The van der Waals surface area contributed by atoms with Gasteiger partial charge in [-0.1, -0.05) is 11.6 Å². The minimum atomic E-state index is 0.516. The molecule has 1 aromatic carbocycles. The molecule has 0 aliphatic carbocycles. The Labute approximate surface area is 71.1 Å². The molecule has 0 unspecified atom stereocenters. The summed E-state index contributed by atoms with van der Waals surface area (Å²) in [4.78, 5) is 0. The second kappa shape index (κ2) is 4.21. The van der Waals surface area contributed by atoms with Gasteiger partial charge in [-0.2, -0.15) is 0 Å². The zero-order chi connectivity index (χ0) is 8.10. The first-order valence-electron chi connectivity index (χ1n) is 3.36. The fourth-order valence-electron chi connectivity index (χ4n) is 0.686. The standard InChI is InChI=1S/C8H10ClNO/c1-10-6-11-8-4-2-7(9)3-5-8/h2-5,10H,6H2,1H3. The number of halogens is 1. The molecule has 11 heavy (non-hydrogen) atoms. The van der Waals surface area contributed by atoms with Crippen molar-refractivity contribution < 1.29 is 4.74 Å². The Bertz CT molecular complexity index is 210. The maximum Gasteiger partial charge on any atom is 0.139 e. The van der Waals surface area contributed by atoms with Gasteiger partial charge in [0.25, 0.3) is 0 Å². The van der Waals surface area contributed by atoms with Crippen molar-refractivity contribution in [3.8, 4) is 5.75 Å². The fourth-order valence-corrected chi connectivity index (χ4v) is 0.812. The van der Waals surface area contributed by atoms with Crippen LogP contribution in [0.2, 0.25) is 5.02 Å². The van der Waals surface area contributed by atoms with Crippen LogP contribution < -0.4 is 10.1 Å². The first kappa shape index (κ1) is 8.37. The van der Waals surface area contributed by atoms with E-state index in [0.29, 0.717) is 6.73 Å². The van der Waals surface area contributed by atoms with E-state index >= 15 is 0 Å². The molecule has 3 heteroatoms. The molecule has 1 aromatic rings. The molecule has 0 aromatic heterocycles. The predicted octanol–water partition coefficient (Wildman–Crippen LogP) is 1.90. The fraction of sp³-hybridized carbons (Fsp3) is 0.250. The van der Waals surface area contributed by atoms with E-state index in [4.69, 9.17) is 16.3 Å². The maximum absolute atomic E-state index is 5.67. The van der Waals surface area contributed by atoms with Crippen LogP contribution in [0.4, 0.5) is 0 Å². The Balaban J connectivity index is 2.52. The van der Waals surface area contributed by atoms with E-state index in [2.05, 4.69) is 5.32 Å². The Kier molecular flexibility index (Phi) is 3.20. The Morgan fingerprint density at radius 3 is 2.55 bits per heavy atom. The molecular formula is C8H10ClNO. The summed E-state index contributed by atoms with van der Waals surface area (Å²) in [6.45, 7) is 0.516. The highest BCUT2D eigenvalue weighted by atomic mass is 35.5. The Hall–Kier alpha value is -0.730. The normalized spacial score (nSPS) is 9.64. The van der Waals surface area contributed by atoms with Crippen LogP contribution >= 0.6 is 11.6 Å². The number of benzene rings is 1. The van der Waals surface area contributed by atoms with Crippen molar-refractivity contribution in [3.63, 3.8) is 0 Å². The van der Waals surface area contributed by atoms with E-state index in [1.807, 2.05) is 19.2 Å². The molecule has 0 atom stereocenters. The second-order valence-corrected chi connectivity index (χ2v) is 2.53. The summed E-state index contributed by atoms with van der Waals surface area (Å²) in [5, 5.41) is 3.60. The van der Waals surface area contributed by atoms with E-state index in [9.17, 15) is 0 Å². The van der Waals surface area contributed by atoms with Gasteiger partial charge in [-0.3, -0.25) is 5.32 Å². The summed E-state index contributed by atoms with van der Waals surface area (Å²) in [6, 6.07) is 7.26. The van der Waals surface area contributed by atoms with Crippen LogP contribution in [0.3, 0.4) is 0 Å². The third kappa shape index (κ3) is 2.78. The monoisotopic (exact) mass is 171 g/mol. The highest BCUT2D eigenvalue weighted by Crippen LogP contribution is 2.14. The average Bonchev–Trinajstić information content (AvgIpc) is 2.04. The molecule has 2 nitrogen and oxygen atoms in total. The zero-order valence-corrected chi connectivity index (χ0v) is 7.06. The molecule has 0 aliphatic heterocycles. The summed E-state index contributed by atoms with van der Waals surface area (Å²) >= 11 is 5.67. The molecule has 0 spiro atoms. The van der Waals surface area contributed by atoms with Crippen LogP contribution in [0.5, 0.6) is 5.75 Å². The lowest BCUT2D eigenvalue weighted by Gasteiger charge is -2.03. The van der Waals surface area contributed by atoms with Gasteiger partial charge in [-0.25, -0.2) is 0 Å². The number of rotatable bonds is 3. The van der Waals surface area contributed by atoms with Crippen LogP contribution in [0.1, 0.15) is 0 Å². The van der Waals surface area contributed by atoms with Crippen LogP contribution in [0.15, 0.2) is 24.3 Å². The lowest BCUT2D eigenvalue weighted by atomic mass is 10.3. The maximum atomic E-state index is 5.67. The molecule has 0 amide bonds. The topological polar surface area (TPSA) is 21.3 Å². The van der Waals surface area contributed by atoms with Gasteiger partial charge in [0, 0.05) is 5.02 Å². The van der Waals surface area contributed by atoms with Crippen LogP contribution in [-0.2, 0) is 0 Å². The van der Waals surface area contributed by atoms with Gasteiger partial charge in [0.15, 0.2) is 0 Å². The molecule has 60 valence electrons. The first-order chi connectivity index (χ1) is 5.33. The van der Waals surface area contributed by atoms with Crippen LogP contribution in [-0.4, -0.2) is 13.8 Å². The Morgan fingerprint density at radius 2 is 2.00 bits per heavy atom. The number of hydrogen-bond acceptors (Lipinski definition) is 2. The van der Waals surface area contributed by atoms with E-state index in [1.165, 1.54) is 0 Å². The zero-order valence-electron chi connectivity index (χ0n) is 6.30. The SMILES string of the molecule is CNCOc1ccc(Cl)cc1. The molecule has 0 fully saturated rings. The number of ether oxygens (including phenoxy) is 1. The summed E-state index contributed by atoms with van der Waals surface area (Å²) < 4.78 is 5.24. The summed E-state index contributed by atoms with van der Waals surface area (Å²) in [7, 11) is 1.83. The summed E-state index contributed by atoms with van der Waals surface area (Å²) in [5.74, 6) is 0.823. The molecule has 1 N–H and O–H groups in total. The summed E-state index contributed by atoms with van der Waals surface area (Å²) in [5.41, 5.74) is 0. The molecule has 0 heterocycles. The van der Waals surface area contributed by atoms with Gasteiger partial charge in [0.2, 0.25) is 0 Å². The van der Waals surface area contributed by atoms with Gasteiger partial charge < -0.3 is 4.74 Å². The quantitative estimate of drug-likeness (QED) is 0.702. The lowest BCUT2D eigenvalue weighted by Crippen LogP contribution is -2.13. The summed E-state index contributed by atoms with van der Waals surface area (Å²) in [6.07, 6.45) is 0. The van der Waals surface area contributed by atoms with Crippen molar-refractivity contribution >= 4 is 11.6 Å². The van der Waals surface area contributed by atoms with E-state index in [1.54, 1.807) is 12.1 Å². The minimum absolute atomic E-state index is 0.516. The lowest BCUT2D eigenvalue weighted by molar-refractivity contribution is 0.296. The molecule has 0 saturated carbocycles. The molecule has 1 rings (SSSR count). The minimum Gasteiger partial charge on any atom is -0.478 e. The van der Waals surface area contributed by atoms with E-state index in [-0.39, 0.29) is 0 Å². The third-order valence-electron chi connectivity index (χ3n) is 1.20. The Morgan fingerprint density at radius 1 is 1.36 bits per heavy atom. The highest BCUT2D eigenvalue weighted by Gasteiger charge is 1.90. The van der Waals surface area contributed by atoms with Crippen molar-refractivity contribution in [2.75, 3.05) is 13.8 Å².